The van der Waals surface area contributed by atoms with E-state index in [-0.39, 0.29) is 10.9 Å². The van der Waals surface area contributed by atoms with Crippen molar-refractivity contribution in [1.29, 1.82) is 0 Å². The summed E-state index contributed by atoms with van der Waals surface area (Å²) in [6.07, 6.45) is 1.98. The molecule has 0 saturated carbocycles. The monoisotopic (exact) mass is 295 g/mol. The standard InChI is InChI=1S/C15H22ClN3O/c1-6-15(4,7-2)19-13(10(3)16)17-11-8-9-12(20-5)18-14(11)19/h8-10H,6-7H2,1-5H3. The Hall–Kier alpha value is -1.29. The van der Waals surface area contributed by atoms with Crippen LogP contribution >= 0.6 is 11.6 Å². The van der Waals surface area contributed by atoms with Crippen molar-refractivity contribution in [3.8, 4) is 5.88 Å². The number of rotatable bonds is 5. The molecule has 0 aliphatic heterocycles. The van der Waals surface area contributed by atoms with Gasteiger partial charge in [-0.05, 0) is 32.8 Å². The third-order valence-electron chi connectivity index (χ3n) is 4.13. The van der Waals surface area contributed by atoms with Gasteiger partial charge in [0.05, 0.1) is 12.5 Å². The van der Waals surface area contributed by atoms with E-state index < -0.39 is 0 Å². The molecule has 0 fully saturated rings. The summed E-state index contributed by atoms with van der Waals surface area (Å²) in [4.78, 5) is 9.24. The molecule has 0 aliphatic carbocycles. The molecule has 0 radical (unpaired) electrons. The van der Waals surface area contributed by atoms with Gasteiger partial charge in [0.25, 0.3) is 0 Å². The van der Waals surface area contributed by atoms with Crippen molar-refractivity contribution < 1.29 is 4.74 Å². The molecule has 2 aromatic rings. The van der Waals surface area contributed by atoms with E-state index in [1.54, 1.807) is 7.11 Å². The van der Waals surface area contributed by atoms with Crippen molar-refractivity contribution >= 4 is 22.8 Å². The molecule has 0 saturated heterocycles. The highest BCUT2D eigenvalue weighted by atomic mass is 35.5. The van der Waals surface area contributed by atoms with E-state index in [4.69, 9.17) is 16.3 Å². The zero-order chi connectivity index (χ0) is 14.9. The van der Waals surface area contributed by atoms with Gasteiger partial charge in [-0.3, -0.25) is 0 Å². The molecule has 0 spiro atoms. The maximum absolute atomic E-state index is 6.33. The zero-order valence-corrected chi connectivity index (χ0v) is 13.5. The van der Waals surface area contributed by atoms with Crippen molar-refractivity contribution in [1.82, 2.24) is 14.5 Å². The number of hydrogen-bond acceptors (Lipinski definition) is 3. The van der Waals surface area contributed by atoms with E-state index in [0.29, 0.717) is 5.88 Å². The molecule has 2 aromatic heterocycles. The van der Waals surface area contributed by atoms with Crippen LogP contribution in [0.1, 0.15) is 51.7 Å². The minimum absolute atomic E-state index is 0.0490. The van der Waals surface area contributed by atoms with Gasteiger partial charge >= 0.3 is 0 Å². The van der Waals surface area contributed by atoms with Crippen LogP contribution < -0.4 is 4.74 Å². The van der Waals surface area contributed by atoms with Crippen LogP contribution in [0, 0.1) is 0 Å². The summed E-state index contributed by atoms with van der Waals surface area (Å²) < 4.78 is 7.42. The predicted molar refractivity (Wildman–Crippen MR) is 82.6 cm³/mol. The van der Waals surface area contributed by atoms with Crippen LogP contribution in [-0.4, -0.2) is 21.6 Å². The number of imidazole rings is 1. The number of fused-ring (bicyclic) bond motifs is 1. The van der Waals surface area contributed by atoms with Gasteiger partial charge in [0.15, 0.2) is 5.65 Å². The SMILES string of the molecule is CCC(C)(CC)n1c(C(C)Cl)nc2ccc(OC)nc21. The molecular weight excluding hydrogens is 274 g/mol. The van der Waals surface area contributed by atoms with Crippen molar-refractivity contribution in [2.24, 2.45) is 0 Å². The van der Waals surface area contributed by atoms with Crippen LogP contribution in [0.25, 0.3) is 11.2 Å². The van der Waals surface area contributed by atoms with Crippen molar-refractivity contribution in [2.45, 2.75) is 51.5 Å². The fourth-order valence-electron chi connectivity index (χ4n) is 2.44. The average molecular weight is 296 g/mol. The van der Waals surface area contributed by atoms with E-state index in [1.807, 2.05) is 19.1 Å². The zero-order valence-electron chi connectivity index (χ0n) is 12.8. The third kappa shape index (κ3) is 2.37. The maximum Gasteiger partial charge on any atom is 0.215 e. The topological polar surface area (TPSA) is 39.9 Å². The summed E-state index contributed by atoms with van der Waals surface area (Å²) in [5.74, 6) is 1.47. The quantitative estimate of drug-likeness (QED) is 0.773. The molecule has 0 aliphatic rings. The summed E-state index contributed by atoms with van der Waals surface area (Å²) >= 11 is 6.33. The Balaban J connectivity index is 2.79. The minimum Gasteiger partial charge on any atom is -0.481 e. The number of methoxy groups -OCH3 is 1. The molecule has 5 heteroatoms. The summed E-state index contributed by atoms with van der Waals surface area (Å²) in [6.45, 7) is 8.52. The largest absolute Gasteiger partial charge is 0.481 e. The lowest BCUT2D eigenvalue weighted by Crippen LogP contribution is -2.30. The van der Waals surface area contributed by atoms with Gasteiger partial charge < -0.3 is 9.30 Å². The first kappa shape index (κ1) is 15.1. The molecule has 0 aromatic carbocycles. The lowest BCUT2D eigenvalue weighted by molar-refractivity contribution is 0.291. The lowest BCUT2D eigenvalue weighted by atomic mass is 9.94. The Kier molecular flexibility index (Phi) is 4.23. The van der Waals surface area contributed by atoms with Crippen LogP contribution in [-0.2, 0) is 5.54 Å². The first-order valence-electron chi connectivity index (χ1n) is 7.04. The van der Waals surface area contributed by atoms with Gasteiger partial charge in [0.2, 0.25) is 5.88 Å². The minimum atomic E-state index is -0.160. The molecule has 4 nitrogen and oxygen atoms in total. The number of pyridine rings is 1. The van der Waals surface area contributed by atoms with E-state index >= 15 is 0 Å². The first-order chi connectivity index (χ1) is 9.46. The van der Waals surface area contributed by atoms with E-state index in [9.17, 15) is 0 Å². The highest BCUT2D eigenvalue weighted by molar-refractivity contribution is 6.20. The predicted octanol–water partition coefficient (Wildman–Crippen LogP) is 4.27. The second-order valence-electron chi connectivity index (χ2n) is 5.32. The van der Waals surface area contributed by atoms with Gasteiger partial charge in [-0.15, -0.1) is 11.6 Å². The maximum atomic E-state index is 6.33. The van der Waals surface area contributed by atoms with Crippen LogP contribution in [0.4, 0.5) is 0 Å². The summed E-state index contributed by atoms with van der Waals surface area (Å²) in [6, 6.07) is 3.77. The molecule has 0 amide bonds. The Morgan fingerprint density at radius 3 is 2.45 bits per heavy atom. The van der Waals surface area contributed by atoms with Crippen molar-refractivity contribution in [3.63, 3.8) is 0 Å². The molecule has 20 heavy (non-hydrogen) atoms. The number of nitrogens with zero attached hydrogens (tertiary/aromatic N) is 3. The molecular formula is C15H22ClN3O. The van der Waals surface area contributed by atoms with Crippen LogP contribution in [0.3, 0.4) is 0 Å². The number of hydrogen-bond donors (Lipinski definition) is 0. The molecule has 110 valence electrons. The van der Waals surface area contributed by atoms with Crippen LogP contribution in [0.5, 0.6) is 5.88 Å². The van der Waals surface area contributed by atoms with Gasteiger partial charge in [-0.1, -0.05) is 13.8 Å². The summed E-state index contributed by atoms with van der Waals surface area (Å²) in [7, 11) is 1.62. The van der Waals surface area contributed by atoms with E-state index in [2.05, 4.69) is 35.3 Å². The van der Waals surface area contributed by atoms with E-state index in [0.717, 1.165) is 29.8 Å². The molecule has 2 heterocycles. The van der Waals surface area contributed by atoms with Gasteiger partial charge in [0.1, 0.15) is 11.3 Å². The van der Waals surface area contributed by atoms with Crippen molar-refractivity contribution in [2.75, 3.05) is 7.11 Å². The normalized spacial score (nSPS) is 13.7. The Morgan fingerprint density at radius 2 is 1.95 bits per heavy atom. The molecule has 0 bridgehead atoms. The number of ether oxygens (including phenoxy) is 1. The molecule has 2 rings (SSSR count). The Morgan fingerprint density at radius 1 is 1.30 bits per heavy atom. The van der Waals surface area contributed by atoms with Gasteiger partial charge in [-0.2, -0.15) is 4.98 Å². The van der Waals surface area contributed by atoms with Crippen LogP contribution in [0.2, 0.25) is 0 Å². The molecule has 0 N–H and O–H groups in total. The molecule has 1 unspecified atom stereocenters. The average Bonchev–Trinajstić information content (AvgIpc) is 2.85. The van der Waals surface area contributed by atoms with Gasteiger partial charge in [-0.25, -0.2) is 4.98 Å². The Bertz CT molecular complexity index is 602. The smallest absolute Gasteiger partial charge is 0.215 e. The highest BCUT2D eigenvalue weighted by Gasteiger charge is 2.29. The number of aromatic nitrogens is 3. The third-order valence-corrected chi connectivity index (χ3v) is 4.33. The fourth-order valence-corrected chi connectivity index (χ4v) is 2.58. The number of halogens is 1. The lowest BCUT2D eigenvalue weighted by Gasteiger charge is -2.31. The first-order valence-corrected chi connectivity index (χ1v) is 7.48. The summed E-state index contributed by atoms with van der Waals surface area (Å²) in [5.41, 5.74) is 1.66. The fraction of sp³-hybridized carbons (Fsp3) is 0.600. The second kappa shape index (κ2) is 5.60. The van der Waals surface area contributed by atoms with E-state index in [1.165, 1.54) is 0 Å². The summed E-state index contributed by atoms with van der Waals surface area (Å²) in [5, 5.41) is -0.160. The van der Waals surface area contributed by atoms with Crippen molar-refractivity contribution in [3.05, 3.63) is 18.0 Å². The van der Waals surface area contributed by atoms with Crippen LogP contribution in [0.15, 0.2) is 12.1 Å². The molecule has 1 atom stereocenters. The number of alkyl halides is 1. The highest BCUT2D eigenvalue weighted by Crippen LogP contribution is 2.34. The second-order valence-corrected chi connectivity index (χ2v) is 5.98. The Labute approximate surface area is 125 Å². The van der Waals surface area contributed by atoms with Gasteiger partial charge in [0, 0.05) is 11.6 Å².